The molecule has 0 radical (unpaired) electrons. The van der Waals surface area contributed by atoms with Gasteiger partial charge >= 0.3 is 0 Å². The molecule has 0 bridgehead atoms. The molecule has 2 heterocycles. The molecule has 0 aliphatic heterocycles. The number of amides is 1. The largest absolute Gasteiger partial charge is 0.354 e. The van der Waals surface area contributed by atoms with E-state index >= 15 is 0 Å². The lowest BCUT2D eigenvalue weighted by molar-refractivity contribution is -0.121. The van der Waals surface area contributed by atoms with E-state index in [1.54, 1.807) is 21.8 Å². The zero-order valence-corrected chi connectivity index (χ0v) is 12.3. The molecule has 102 valence electrons. The fraction of sp³-hybridized carbons (Fsp3) is 0.417. The van der Waals surface area contributed by atoms with E-state index in [2.05, 4.69) is 31.4 Å². The number of nitrogens with one attached hydrogen (secondary N) is 1. The predicted octanol–water partition coefficient (Wildman–Crippen LogP) is 1.13. The van der Waals surface area contributed by atoms with Crippen molar-refractivity contribution in [2.75, 3.05) is 6.54 Å². The van der Waals surface area contributed by atoms with Crippen LogP contribution in [0.4, 0.5) is 0 Å². The van der Waals surface area contributed by atoms with E-state index in [9.17, 15) is 4.79 Å². The SMILES string of the molecule is Cn1cc(CCC(=O)NCCn2cc(Br)cn2)cn1. The fourth-order valence-electron chi connectivity index (χ4n) is 1.72. The molecule has 0 aromatic carbocycles. The Morgan fingerprint density at radius 1 is 1.37 bits per heavy atom. The minimum Gasteiger partial charge on any atom is -0.354 e. The van der Waals surface area contributed by atoms with Crippen molar-refractivity contribution in [3.8, 4) is 0 Å². The molecule has 0 saturated carbocycles. The highest BCUT2D eigenvalue weighted by Gasteiger charge is 2.03. The average Bonchev–Trinajstić information content (AvgIpc) is 2.96. The molecule has 0 aliphatic rings. The quantitative estimate of drug-likeness (QED) is 0.865. The molecule has 1 amide bonds. The van der Waals surface area contributed by atoms with Crippen LogP contribution in [0.1, 0.15) is 12.0 Å². The lowest BCUT2D eigenvalue weighted by Crippen LogP contribution is -2.27. The molecule has 7 heteroatoms. The lowest BCUT2D eigenvalue weighted by atomic mass is 10.2. The second kappa shape index (κ2) is 6.51. The van der Waals surface area contributed by atoms with E-state index < -0.39 is 0 Å². The Balaban J connectivity index is 1.64. The van der Waals surface area contributed by atoms with Gasteiger partial charge in [-0.25, -0.2) is 0 Å². The number of carbonyl (C=O) groups is 1. The van der Waals surface area contributed by atoms with Gasteiger partial charge in [-0.2, -0.15) is 10.2 Å². The van der Waals surface area contributed by atoms with Gasteiger partial charge in [0.15, 0.2) is 0 Å². The number of aryl methyl sites for hydroxylation is 2. The molecule has 2 aromatic heterocycles. The Bertz CT molecular complexity index is 548. The summed E-state index contributed by atoms with van der Waals surface area (Å²) >= 11 is 3.33. The second-order valence-corrected chi connectivity index (χ2v) is 5.21. The summed E-state index contributed by atoms with van der Waals surface area (Å²) in [5.41, 5.74) is 1.08. The van der Waals surface area contributed by atoms with Gasteiger partial charge in [0.05, 0.1) is 23.4 Å². The van der Waals surface area contributed by atoms with Crippen LogP contribution >= 0.6 is 15.9 Å². The molecule has 1 N–H and O–H groups in total. The van der Waals surface area contributed by atoms with E-state index in [0.717, 1.165) is 10.0 Å². The highest BCUT2D eigenvalue weighted by molar-refractivity contribution is 9.10. The summed E-state index contributed by atoms with van der Waals surface area (Å²) in [6.45, 7) is 1.25. The molecule has 0 unspecified atom stereocenters. The van der Waals surface area contributed by atoms with E-state index in [4.69, 9.17) is 0 Å². The third-order valence-electron chi connectivity index (χ3n) is 2.66. The van der Waals surface area contributed by atoms with Crippen molar-refractivity contribution in [1.82, 2.24) is 24.9 Å². The Morgan fingerprint density at radius 2 is 2.21 bits per heavy atom. The van der Waals surface area contributed by atoms with Crippen LogP contribution in [0.3, 0.4) is 0 Å². The van der Waals surface area contributed by atoms with Crippen LogP contribution in [0.2, 0.25) is 0 Å². The van der Waals surface area contributed by atoms with Gasteiger partial charge in [-0.1, -0.05) is 0 Å². The van der Waals surface area contributed by atoms with Gasteiger partial charge in [0.1, 0.15) is 0 Å². The molecular formula is C12H16BrN5O. The summed E-state index contributed by atoms with van der Waals surface area (Å²) in [7, 11) is 1.87. The second-order valence-electron chi connectivity index (χ2n) is 4.29. The van der Waals surface area contributed by atoms with Crippen molar-refractivity contribution in [3.05, 3.63) is 34.8 Å². The Hall–Kier alpha value is -1.63. The minimum absolute atomic E-state index is 0.0510. The van der Waals surface area contributed by atoms with Crippen molar-refractivity contribution < 1.29 is 4.79 Å². The van der Waals surface area contributed by atoms with Crippen LogP contribution in [0.25, 0.3) is 0 Å². The van der Waals surface area contributed by atoms with E-state index in [0.29, 0.717) is 25.9 Å². The molecule has 2 aromatic rings. The zero-order valence-electron chi connectivity index (χ0n) is 10.7. The first kappa shape index (κ1) is 13.8. The number of hydrogen-bond donors (Lipinski definition) is 1. The molecule has 19 heavy (non-hydrogen) atoms. The van der Waals surface area contributed by atoms with Gasteiger partial charge < -0.3 is 5.32 Å². The number of nitrogens with zero attached hydrogens (tertiary/aromatic N) is 4. The van der Waals surface area contributed by atoms with Gasteiger partial charge in [-0.05, 0) is 27.9 Å². The van der Waals surface area contributed by atoms with Crippen LogP contribution in [-0.4, -0.2) is 32.0 Å². The summed E-state index contributed by atoms with van der Waals surface area (Å²) in [5.74, 6) is 0.0510. The third kappa shape index (κ3) is 4.51. The molecular weight excluding hydrogens is 310 g/mol. The summed E-state index contributed by atoms with van der Waals surface area (Å²) in [5, 5.41) is 11.1. The highest BCUT2D eigenvalue weighted by atomic mass is 79.9. The Morgan fingerprint density at radius 3 is 2.84 bits per heavy atom. The van der Waals surface area contributed by atoms with Gasteiger partial charge in [-0.3, -0.25) is 14.2 Å². The molecule has 0 spiro atoms. The first-order valence-electron chi connectivity index (χ1n) is 6.05. The van der Waals surface area contributed by atoms with Crippen molar-refractivity contribution >= 4 is 21.8 Å². The summed E-state index contributed by atoms with van der Waals surface area (Å²) in [6, 6.07) is 0. The highest BCUT2D eigenvalue weighted by Crippen LogP contribution is 2.05. The molecule has 0 fully saturated rings. The summed E-state index contributed by atoms with van der Waals surface area (Å²) in [4.78, 5) is 11.6. The number of halogens is 1. The summed E-state index contributed by atoms with van der Waals surface area (Å²) in [6.07, 6.45) is 8.51. The van der Waals surface area contributed by atoms with Crippen LogP contribution in [0.5, 0.6) is 0 Å². The van der Waals surface area contributed by atoms with E-state index in [1.165, 1.54) is 0 Å². The van der Waals surface area contributed by atoms with Crippen molar-refractivity contribution in [3.63, 3.8) is 0 Å². The maximum Gasteiger partial charge on any atom is 0.220 e. The van der Waals surface area contributed by atoms with Crippen molar-refractivity contribution in [1.29, 1.82) is 0 Å². The van der Waals surface area contributed by atoms with Gasteiger partial charge in [0, 0.05) is 32.4 Å². The van der Waals surface area contributed by atoms with E-state index in [-0.39, 0.29) is 5.91 Å². The monoisotopic (exact) mass is 325 g/mol. The first-order chi connectivity index (χ1) is 9.13. The maximum absolute atomic E-state index is 11.6. The van der Waals surface area contributed by atoms with Gasteiger partial charge in [0.2, 0.25) is 5.91 Å². The predicted molar refractivity (Wildman–Crippen MR) is 74.5 cm³/mol. The van der Waals surface area contributed by atoms with Gasteiger partial charge in [-0.15, -0.1) is 0 Å². The molecule has 0 aliphatic carbocycles. The standard InChI is InChI=1S/C12H16BrN5O/c1-17-8-10(6-15-17)2-3-12(19)14-4-5-18-9-11(13)7-16-18/h6-9H,2-5H2,1H3,(H,14,19). The van der Waals surface area contributed by atoms with Gasteiger partial charge in [0.25, 0.3) is 0 Å². The average molecular weight is 326 g/mol. The van der Waals surface area contributed by atoms with E-state index in [1.807, 2.05) is 19.4 Å². The Labute approximate surface area is 119 Å². The Kier molecular flexibility index (Phi) is 4.73. The topological polar surface area (TPSA) is 64.7 Å². The fourth-order valence-corrected chi connectivity index (χ4v) is 2.05. The van der Waals surface area contributed by atoms with Crippen LogP contribution < -0.4 is 5.32 Å². The first-order valence-corrected chi connectivity index (χ1v) is 6.85. The van der Waals surface area contributed by atoms with Crippen LogP contribution in [0, 0.1) is 0 Å². The van der Waals surface area contributed by atoms with Crippen LogP contribution in [-0.2, 0) is 24.8 Å². The molecule has 6 nitrogen and oxygen atoms in total. The zero-order chi connectivity index (χ0) is 13.7. The normalized spacial score (nSPS) is 10.6. The molecule has 0 atom stereocenters. The number of rotatable bonds is 6. The third-order valence-corrected chi connectivity index (χ3v) is 3.07. The molecule has 0 saturated heterocycles. The molecule has 2 rings (SSSR count). The number of carbonyl (C=O) groups excluding carboxylic acids is 1. The van der Waals surface area contributed by atoms with Crippen molar-refractivity contribution in [2.24, 2.45) is 7.05 Å². The van der Waals surface area contributed by atoms with Crippen LogP contribution in [0.15, 0.2) is 29.3 Å². The maximum atomic E-state index is 11.6. The minimum atomic E-state index is 0.0510. The lowest BCUT2D eigenvalue weighted by Gasteiger charge is -2.04. The smallest absolute Gasteiger partial charge is 0.220 e. The number of hydrogen-bond acceptors (Lipinski definition) is 3. The number of aromatic nitrogens is 4. The van der Waals surface area contributed by atoms with Crippen molar-refractivity contribution in [2.45, 2.75) is 19.4 Å². The summed E-state index contributed by atoms with van der Waals surface area (Å²) < 4.78 is 4.46.